The first-order valence-corrected chi connectivity index (χ1v) is 8.71. The van der Waals surface area contributed by atoms with Crippen molar-refractivity contribution in [2.24, 2.45) is 5.92 Å². The van der Waals surface area contributed by atoms with Crippen LogP contribution in [-0.4, -0.2) is 30.2 Å². The standard InChI is InChI=1S/C17H26BrNO2/c1-3-5-13-6-4-8-19(9-7-13)12-14-10-15(18)17(20)16(11-14)21-2/h10-11,13,20H,3-9,12H2,1-2H3. The molecule has 1 unspecified atom stereocenters. The summed E-state index contributed by atoms with van der Waals surface area (Å²) in [6, 6.07) is 3.93. The van der Waals surface area contributed by atoms with Gasteiger partial charge in [0.15, 0.2) is 11.5 Å². The number of rotatable bonds is 5. The number of aromatic hydroxyl groups is 1. The van der Waals surface area contributed by atoms with E-state index >= 15 is 0 Å². The van der Waals surface area contributed by atoms with Gasteiger partial charge in [-0.25, -0.2) is 0 Å². The smallest absolute Gasteiger partial charge is 0.172 e. The molecule has 1 aromatic rings. The number of ether oxygens (including phenoxy) is 1. The van der Waals surface area contributed by atoms with Crippen LogP contribution in [0.4, 0.5) is 0 Å². The van der Waals surface area contributed by atoms with E-state index in [1.165, 1.54) is 50.8 Å². The molecule has 1 N–H and O–H groups in total. The van der Waals surface area contributed by atoms with E-state index in [-0.39, 0.29) is 5.75 Å². The summed E-state index contributed by atoms with van der Waals surface area (Å²) in [5.74, 6) is 1.62. The van der Waals surface area contributed by atoms with Crippen molar-refractivity contribution in [3.8, 4) is 11.5 Å². The number of nitrogens with zero attached hydrogens (tertiary/aromatic N) is 1. The molecule has 1 atom stereocenters. The van der Waals surface area contributed by atoms with Crippen molar-refractivity contribution < 1.29 is 9.84 Å². The van der Waals surface area contributed by atoms with Gasteiger partial charge >= 0.3 is 0 Å². The van der Waals surface area contributed by atoms with E-state index in [0.29, 0.717) is 10.2 Å². The topological polar surface area (TPSA) is 32.7 Å². The Morgan fingerprint density at radius 3 is 2.86 bits per heavy atom. The maximum Gasteiger partial charge on any atom is 0.172 e. The summed E-state index contributed by atoms with van der Waals surface area (Å²) in [5.41, 5.74) is 1.19. The molecular formula is C17H26BrNO2. The van der Waals surface area contributed by atoms with Crippen LogP contribution in [0, 0.1) is 5.92 Å². The Balaban J connectivity index is 2.00. The Morgan fingerprint density at radius 2 is 2.14 bits per heavy atom. The van der Waals surface area contributed by atoms with Crippen LogP contribution in [0.3, 0.4) is 0 Å². The lowest BCUT2D eigenvalue weighted by Gasteiger charge is -2.21. The van der Waals surface area contributed by atoms with E-state index in [1.54, 1.807) is 7.11 Å². The Morgan fingerprint density at radius 1 is 1.33 bits per heavy atom. The Labute approximate surface area is 136 Å². The second-order valence-electron chi connectivity index (χ2n) is 5.99. The van der Waals surface area contributed by atoms with Crippen LogP contribution >= 0.6 is 15.9 Å². The van der Waals surface area contributed by atoms with Crippen molar-refractivity contribution in [1.82, 2.24) is 4.90 Å². The third kappa shape index (κ3) is 4.62. The molecule has 118 valence electrons. The fourth-order valence-corrected chi connectivity index (χ4v) is 3.70. The monoisotopic (exact) mass is 355 g/mol. The molecule has 1 fully saturated rings. The summed E-state index contributed by atoms with van der Waals surface area (Å²) in [5, 5.41) is 9.88. The minimum absolute atomic E-state index is 0.181. The molecule has 0 saturated carbocycles. The first-order valence-electron chi connectivity index (χ1n) is 7.91. The maximum atomic E-state index is 9.88. The molecule has 1 aliphatic heterocycles. The summed E-state index contributed by atoms with van der Waals surface area (Å²) in [7, 11) is 1.59. The normalized spacial score (nSPS) is 20.2. The van der Waals surface area contributed by atoms with Crippen LogP contribution in [-0.2, 0) is 6.54 Å². The Bertz CT molecular complexity index is 464. The maximum absolute atomic E-state index is 9.88. The Hall–Kier alpha value is -0.740. The van der Waals surface area contributed by atoms with Crippen LogP contribution in [0.2, 0.25) is 0 Å². The molecule has 0 radical (unpaired) electrons. The van der Waals surface area contributed by atoms with Crippen LogP contribution in [0.1, 0.15) is 44.6 Å². The highest BCUT2D eigenvalue weighted by molar-refractivity contribution is 9.10. The van der Waals surface area contributed by atoms with Gasteiger partial charge in [-0.1, -0.05) is 19.8 Å². The second-order valence-corrected chi connectivity index (χ2v) is 6.84. The van der Waals surface area contributed by atoms with Gasteiger partial charge in [0.2, 0.25) is 0 Å². The van der Waals surface area contributed by atoms with Crippen molar-refractivity contribution in [1.29, 1.82) is 0 Å². The number of phenols is 1. The third-order valence-corrected chi connectivity index (χ3v) is 4.96. The molecule has 21 heavy (non-hydrogen) atoms. The lowest BCUT2D eigenvalue weighted by molar-refractivity contribution is 0.270. The van der Waals surface area contributed by atoms with E-state index in [2.05, 4.69) is 27.8 Å². The fourth-order valence-electron chi connectivity index (χ4n) is 3.21. The predicted molar refractivity (Wildman–Crippen MR) is 89.9 cm³/mol. The average molecular weight is 356 g/mol. The zero-order valence-corrected chi connectivity index (χ0v) is 14.7. The lowest BCUT2D eigenvalue weighted by atomic mass is 9.96. The molecule has 0 spiro atoms. The highest BCUT2D eigenvalue weighted by Crippen LogP contribution is 2.35. The van der Waals surface area contributed by atoms with Crippen molar-refractivity contribution in [2.45, 2.75) is 45.6 Å². The number of halogens is 1. The van der Waals surface area contributed by atoms with E-state index < -0.39 is 0 Å². The minimum atomic E-state index is 0.181. The molecule has 0 aliphatic carbocycles. The van der Waals surface area contributed by atoms with E-state index in [9.17, 15) is 5.11 Å². The number of benzene rings is 1. The molecule has 1 aliphatic rings. The zero-order chi connectivity index (χ0) is 15.2. The van der Waals surface area contributed by atoms with Gasteiger partial charge in [0.1, 0.15) is 0 Å². The van der Waals surface area contributed by atoms with E-state index in [0.717, 1.165) is 12.5 Å². The van der Waals surface area contributed by atoms with Crippen LogP contribution in [0.25, 0.3) is 0 Å². The summed E-state index contributed by atoms with van der Waals surface area (Å²) in [6.07, 6.45) is 6.64. The van der Waals surface area contributed by atoms with E-state index in [1.807, 2.05) is 12.1 Å². The lowest BCUT2D eigenvalue weighted by Crippen LogP contribution is -2.24. The number of hydrogen-bond acceptors (Lipinski definition) is 3. The summed E-state index contributed by atoms with van der Waals surface area (Å²) in [4.78, 5) is 2.52. The predicted octanol–water partition coefficient (Wildman–Crippen LogP) is 4.57. The Kier molecular flexibility index (Phi) is 6.37. The second kappa shape index (κ2) is 8.04. The molecule has 2 rings (SSSR count). The molecule has 4 heteroatoms. The number of methoxy groups -OCH3 is 1. The van der Waals surface area contributed by atoms with Crippen molar-refractivity contribution in [3.05, 3.63) is 22.2 Å². The van der Waals surface area contributed by atoms with Crippen molar-refractivity contribution in [2.75, 3.05) is 20.2 Å². The molecule has 3 nitrogen and oxygen atoms in total. The van der Waals surface area contributed by atoms with Gasteiger partial charge in [0.05, 0.1) is 11.6 Å². The number of phenolic OH excluding ortho intramolecular Hbond substituents is 1. The van der Waals surface area contributed by atoms with Gasteiger partial charge in [-0.3, -0.25) is 4.90 Å². The number of hydrogen-bond donors (Lipinski definition) is 1. The molecule has 1 aromatic carbocycles. The van der Waals surface area contributed by atoms with Gasteiger partial charge in [-0.2, -0.15) is 0 Å². The number of likely N-dealkylation sites (tertiary alicyclic amines) is 1. The van der Waals surface area contributed by atoms with Crippen LogP contribution in [0.5, 0.6) is 11.5 Å². The largest absolute Gasteiger partial charge is 0.503 e. The molecular weight excluding hydrogens is 330 g/mol. The molecule has 0 aromatic heterocycles. The van der Waals surface area contributed by atoms with Gasteiger partial charge in [-0.05, 0) is 71.9 Å². The highest BCUT2D eigenvalue weighted by Gasteiger charge is 2.17. The zero-order valence-electron chi connectivity index (χ0n) is 13.1. The molecule has 1 saturated heterocycles. The van der Waals surface area contributed by atoms with Gasteiger partial charge in [-0.15, -0.1) is 0 Å². The first-order chi connectivity index (χ1) is 10.1. The van der Waals surface area contributed by atoms with Crippen molar-refractivity contribution >= 4 is 15.9 Å². The summed E-state index contributed by atoms with van der Waals surface area (Å²) < 4.78 is 5.94. The molecule has 1 heterocycles. The molecule has 0 bridgehead atoms. The fraction of sp³-hybridized carbons (Fsp3) is 0.647. The van der Waals surface area contributed by atoms with Crippen LogP contribution in [0.15, 0.2) is 16.6 Å². The van der Waals surface area contributed by atoms with E-state index in [4.69, 9.17) is 4.74 Å². The van der Waals surface area contributed by atoms with Gasteiger partial charge < -0.3 is 9.84 Å². The minimum Gasteiger partial charge on any atom is -0.503 e. The van der Waals surface area contributed by atoms with Gasteiger partial charge in [0, 0.05) is 6.54 Å². The quantitative estimate of drug-likeness (QED) is 0.839. The third-order valence-electron chi connectivity index (χ3n) is 4.35. The highest BCUT2D eigenvalue weighted by atomic mass is 79.9. The van der Waals surface area contributed by atoms with Crippen molar-refractivity contribution in [3.63, 3.8) is 0 Å². The summed E-state index contributed by atoms with van der Waals surface area (Å²) in [6.45, 7) is 5.55. The summed E-state index contributed by atoms with van der Waals surface area (Å²) >= 11 is 3.40. The van der Waals surface area contributed by atoms with Crippen LogP contribution < -0.4 is 4.74 Å². The first kappa shape index (κ1) is 16.6. The van der Waals surface area contributed by atoms with Gasteiger partial charge in [0.25, 0.3) is 0 Å². The SMILES string of the molecule is CCCC1CCCN(Cc2cc(Br)c(O)c(OC)c2)CC1. The molecule has 0 amide bonds. The average Bonchev–Trinajstić information content (AvgIpc) is 2.69.